The number of carbonyl (C=O) groups excluding carboxylic acids is 1. The number of hydrogen-bond donors (Lipinski definition) is 2. The third-order valence-corrected chi connectivity index (χ3v) is 4.55. The standard InChI is InChI=1S/C12H14BrClN2O/c13-10-8(14)4-3-5-9(10)16-11(17)12(15)6-1-2-7-12/h3-5H,1-2,6-7,15H2,(H,16,17). The largest absolute Gasteiger partial charge is 0.323 e. The summed E-state index contributed by atoms with van der Waals surface area (Å²) >= 11 is 9.31. The van der Waals surface area contributed by atoms with Gasteiger partial charge in [-0.1, -0.05) is 30.5 Å². The van der Waals surface area contributed by atoms with Gasteiger partial charge in [0.15, 0.2) is 0 Å². The average molecular weight is 318 g/mol. The Morgan fingerprint density at radius 3 is 2.71 bits per heavy atom. The highest BCUT2D eigenvalue weighted by atomic mass is 79.9. The molecule has 0 atom stereocenters. The van der Waals surface area contributed by atoms with Crippen molar-refractivity contribution in [2.45, 2.75) is 31.2 Å². The topological polar surface area (TPSA) is 55.1 Å². The zero-order chi connectivity index (χ0) is 12.5. The first-order chi connectivity index (χ1) is 8.03. The van der Waals surface area contributed by atoms with E-state index in [2.05, 4.69) is 21.2 Å². The summed E-state index contributed by atoms with van der Waals surface area (Å²) in [6, 6.07) is 5.35. The molecule has 0 spiro atoms. The number of carbonyl (C=O) groups is 1. The van der Waals surface area contributed by atoms with E-state index in [9.17, 15) is 4.79 Å². The molecule has 0 heterocycles. The quantitative estimate of drug-likeness (QED) is 0.879. The number of anilines is 1. The molecule has 5 heteroatoms. The van der Waals surface area contributed by atoms with Crippen molar-refractivity contribution in [1.82, 2.24) is 0 Å². The molecular formula is C12H14BrClN2O. The first-order valence-corrected chi connectivity index (χ1v) is 6.74. The molecule has 92 valence electrons. The van der Waals surface area contributed by atoms with E-state index in [4.69, 9.17) is 17.3 Å². The SMILES string of the molecule is NC1(C(=O)Nc2cccc(Cl)c2Br)CCCC1. The minimum atomic E-state index is -0.720. The zero-order valence-corrected chi connectivity index (χ0v) is 11.6. The van der Waals surface area contributed by atoms with Crippen LogP contribution in [0.3, 0.4) is 0 Å². The van der Waals surface area contributed by atoms with Crippen LogP contribution in [-0.2, 0) is 4.79 Å². The molecule has 1 saturated carbocycles. The van der Waals surface area contributed by atoms with E-state index < -0.39 is 5.54 Å². The molecule has 17 heavy (non-hydrogen) atoms. The molecule has 1 aliphatic rings. The molecule has 3 N–H and O–H groups in total. The van der Waals surface area contributed by atoms with Crippen LogP contribution in [0.1, 0.15) is 25.7 Å². The van der Waals surface area contributed by atoms with Crippen LogP contribution in [0.2, 0.25) is 5.02 Å². The van der Waals surface area contributed by atoms with Gasteiger partial charge in [-0.25, -0.2) is 0 Å². The smallest absolute Gasteiger partial charge is 0.244 e. The first kappa shape index (κ1) is 12.9. The highest BCUT2D eigenvalue weighted by Gasteiger charge is 2.37. The van der Waals surface area contributed by atoms with Crippen molar-refractivity contribution in [3.63, 3.8) is 0 Å². The van der Waals surface area contributed by atoms with Crippen molar-refractivity contribution >= 4 is 39.1 Å². The van der Waals surface area contributed by atoms with Crippen molar-refractivity contribution in [1.29, 1.82) is 0 Å². The van der Waals surface area contributed by atoms with E-state index >= 15 is 0 Å². The van der Waals surface area contributed by atoms with Gasteiger partial charge in [0, 0.05) is 0 Å². The second-order valence-corrected chi connectivity index (χ2v) is 5.62. The second kappa shape index (κ2) is 4.96. The van der Waals surface area contributed by atoms with Gasteiger partial charge in [0.1, 0.15) is 0 Å². The van der Waals surface area contributed by atoms with Crippen LogP contribution in [0.15, 0.2) is 22.7 Å². The molecule has 1 fully saturated rings. The summed E-state index contributed by atoms with van der Waals surface area (Å²) in [5.41, 5.74) is 6.02. The summed E-state index contributed by atoms with van der Waals surface area (Å²) in [6.45, 7) is 0. The maximum absolute atomic E-state index is 12.1. The van der Waals surface area contributed by atoms with Crippen LogP contribution < -0.4 is 11.1 Å². The van der Waals surface area contributed by atoms with Gasteiger partial charge in [-0.05, 0) is 40.9 Å². The van der Waals surface area contributed by atoms with Gasteiger partial charge >= 0.3 is 0 Å². The summed E-state index contributed by atoms with van der Waals surface area (Å²) in [5, 5.41) is 3.41. The van der Waals surface area contributed by atoms with Gasteiger partial charge in [0.2, 0.25) is 5.91 Å². The maximum Gasteiger partial charge on any atom is 0.244 e. The fourth-order valence-corrected chi connectivity index (χ4v) is 2.62. The van der Waals surface area contributed by atoms with E-state index in [1.54, 1.807) is 18.2 Å². The number of benzene rings is 1. The highest BCUT2D eigenvalue weighted by molar-refractivity contribution is 9.10. The van der Waals surface area contributed by atoms with Gasteiger partial charge in [-0.2, -0.15) is 0 Å². The Kier molecular flexibility index (Phi) is 3.76. The predicted molar refractivity (Wildman–Crippen MR) is 73.2 cm³/mol. The Labute approximate surface area is 114 Å². The molecule has 1 amide bonds. The van der Waals surface area contributed by atoms with Crippen molar-refractivity contribution in [3.05, 3.63) is 27.7 Å². The lowest BCUT2D eigenvalue weighted by Gasteiger charge is -2.22. The molecule has 3 nitrogen and oxygen atoms in total. The van der Waals surface area contributed by atoms with Crippen molar-refractivity contribution in [2.75, 3.05) is 5.32 Å². The van der Waals surface area contributed by atoms with Crippen molar-refractivity contribution in [3.8, 4) is 0 Å². The summed E-state index contributed by atoms with van der Waals surface area (Å²) in [5.74, 6) is -0.127. The first-order valence-electron chi connectivity index (χ1n) is 5.57. The third kappa shape index (κ3) is 2.64. The molecular weight excluding hydrogens is 304 g/mol. The predicted octanol–water partition coefficient (Wildman–Crippen LogP) is 3.31. The monoisotopic (exact) mass is 316 g/mol. The molecule has 0 aromatic heterocycles. The molecule has 2 rings (SSSR count). The number of hydrogen-bond acceptors (Lipinski definition) is 2. The Morgan fingerprint density at radius 2 is 2.06 bits per heavy atom. The zero-order valence-electron chi connectivity index (χ0n) is 9.30. The van der Waals surface area contributed by atoms with Crippen LogP contribution >= 0.6 is 27.5 Å². The van der Waals surface area contributed by atoms with E-state index in [0.29, 0.717) is 15.2 Å². The minimum absolute atomic E-state index is 0.127. The summed E-state index contributed by atoms with van der Waals surface area (Å²) < 4.78 is 0.691. The normalized spacial score (nSPS) is 18.1. The molecule has 0 unspecified atom stereocenters. The number of halogens is 2. The molecule has 0 saturated heterocycles. The third-order valence-electron chi connectivity index (χ3n) is 3.15. The Morgan fingerprint density at radius 1 is 1.41 bits per heavy atom. The summed E-state index contributed by atoms with van der Waals surface area (Å²) in [7, 11) is 0. The van der Waals surface area contributed by atoms with E-state index in [1.807, 2.05) is 0 Å². The summed E-state index contributed by atoms with van der Waals surface area (Å²) in [4.78, 5) is 12.1. The van der Waals surface area contributed by atoms with E-state index in [0.717, 1.165) is 25.7 Å². The summed E-state index contributed by atoms with van der Waals surface area (Å²) in [6.07, 6.45) is 3.52. The van der Waals surface area contributed by atoms with Gasteiger partial charge in [-0.15, -0.1) is 0 Å². The molecule has 0 aliphatic heterocycles. The fraction of sp³-hybridized carbons (Fsp3) is 0.417. The maximum atomic E-state index is 12.1. The van der Waals surface area contributed by atoms with Crippen LogP contribution in [0.4, 0.5) is 5.69 Å². The second-order valence-electron chi connectivity index (χ2n) is 4.42. The lowest BCUT2D eigenvalue weighted by molar-refractivity contribution is -0.121. The van der Waals surface area contributed by atoms with Gasteiger partial charge < -0.3 is 11.1 Å². The molecule has 1 aliphatic carbocycles. The molecule has 1 aromatic rings. The van der Waals surface area contributed by atoms with Crippen molar-refractivity contribution in [2.24, 2.45) is 5.73 Å². The van der Waals surface area contributed by atoms with Crippen LogP contribution in [0.25, 0.3) is 0 Å². The number of rotatable bonds is 2. The van der Waals surface area contributed by atoms with Crippen LogP contribution in [0.5, 0.6) is 0 Å². The van der Waals surface area contributed by atoms with E-state index in [-0.39, 0.29) is 5.91 Å². The van der Waals surface area contributed by atoms with Crippen molar-refractivity contribution < 1.29 is 4.79 Å². The average Bonchev–Trinajstić information content (AvgIpc) is 2.73. The molecule has 1 aromatic carbocycles. The molecule has 0 radical (unpaired) electrons. The van der Waals surface area contributed by atoms with Gasteiger partial charge in [-0.3, -0.25) is 4.79 Å². The minimum Gasteiger partial charge on any atom is -0.323 e. The fourth-order valence-electron chi connectivity index (χ4n) is 2.08. The van der Waals surface area contributed by atoms with Crippen LogP contribution in [-0.4, -0.2) is 11.4 Å². The lowest BCUT2D eigenvalue weighted by atomic mass is 9.98. The van der Waals surface area contributed by atoms with E-state index in [1.165, 1.54) is 0 Å². The van der Waals surface area contributed by atoms with Gasteiger partial charge in [0.05, 0.1) is 20.7 Å². The van der Waals surface area contributed by atoms with Crippen LogP contribution in [0, 0.1) is 0 Å². The number of amides is 1. The lowest BCUT2D eigenvalue weighted by Crippen LogP contribution is -2.48. The highest BCUT2D eigenvalue weighted by Crippen LogP contribution is 2.32. The Balaban J connectivity index is 2.16. The number of nitrogens with two attached hydrogens (primary N) is 1. The Bertz CT molecular complexity index is 444. The Hall–Kier alpha value is -0.580. The van der Waals surface area contributed by atoms with Gasteiger partial charge in [0.25, 0.3) is 0 Å². The molecule has 0 bridgehead atoms. The number of nitrogens with one attached hydrogen (secondary N) is 1.